The van der Waals surface area contributed by atoms with Crippen molar-refractivity contribution in [1.29, 1.82) is 0 Å². The van der Waals surface area contributed by atoms with Crippen LogP contribution in [0.25, 0.3) is 5.69 Å². The van der Waals surface area contributed by atoms with Gasteiger partial charge in [-0.05, 0) is 6.07 Å². The summed E-state index contributed by atoms with van der Waals surface area (Å²) < 4.78 is 96.4. The average Bonchev–Trinajstić information content (AvgIpc) is 2.52. The van der Waals surface area contributed by atoms with E-state index >= 15 is 0 Å². The summed E-state index contributed by atoms with van der Waals surface area (Å²) in [6.45, 7) is 0. The van der Waals surface area contributed by atoms with Crippen LogP contribution in [0, 0.1) is 11.6 Å². The van der Waals surface area contributed by atoms with Crippen molar-refractivity contribution in [3.05, 3.63) is 44.8 Å². The van der Waals surface area contributed by atoms with Gasteiger partial charge in [-0.1, -0.05) is 11.6 Å². The van der Waals surface area contributed by atoms with Crippen molar-refractivity contribution < 1.29 is 40.6 Å². The van der Waals surface area contributed by atoms with Crippen LogP contribution < -0.4 is 10.3 Å². The molecule has 1 aromatic carbocycles. The highest BCUT2D eigenvalue weighted by molar-refractivity contribution is 6.32. The summed E-state index contributed by atoms with van der Waals surface area (Å²) >= 11 is 5.43. The maximum absolute atomic E-state index is 14.0. The lowest BCUT2D eigenvalue weighted by molar-refractivity contribution is -0.292. The first-order valence-corrected chi connectivity index (χ1v) is 6.70. The minimum atomic E-state index is -6.26. The molecule has 26 heavy (non-hydrogen) atoms. The van der Waals surface area contributed by atoms with Gasteiger partial charge in [0.1, 0.15) is 11.6 Å². The Labute approximate surface area is 144 Å². The molecule has 0 radical (unpaired) electrons. The average molecular weight is 407 g/mol. The predicted octanol–water partition coefficient (Wildman–Crippen LogP) is 3.53. The molecule has 0 aliphatic heterocycles. The second-order valence-corrected chi connectivity index (χ2v) is 5.14. The topological polar surface area (TPSA) is 64.3 Å². The predicted molar refractivity (Wildman–Crippen MR) is 72.9 cm³/mol. The molecule has 142 valence electrons. The third-order valence-electron chi connectivity index (χ3n) is 3.09. The number of ether oxygens (including phenoxy) is 1. The van der Waals surface area contributed by atoms with Crippen LogP contribution in [-0.4, -0.2) is 27.9 Å². The number of methoxy groups -OCH3 is 1. The van der Waals surface area contributed by atoms with E-state index < -0.39 is 57.5 Å². The smallest absolute Gasteiger partial charge is 0.459 e. The van der Waals surface area contributed by atoms with E-state index in [0.717, 1.165) is 0 Å². The summed E-state index contributed by atoms with van der Waals surface area (Å²) in [5.41, 5.74) is -5.60. The minimum Gasteiger partial charge on any atom is -0.506 e. The van der Waals surface area contributed by atoms with Gasteiger partial charge in [0.25, 0.3) is 5.56 Å². The van der Waals surface area contributed by atoms with Gasteiger partial charge in [-0.15, -0.1) is 0 Å². The first-order chi connectivity index (χ1) is 11.8. The van der Waals surface area contributed by atoms with Crippen molar-refractivity contribution in [2.24, 2.45) is 0 Å². The Morgan fingerprint density at radius 1 is 1.19 bits per heavy atom. The van der Waals surface area contributed by atoms with Crippen LogP contribution in [0.2, 0.25) is 5.02 Å². The van der Waals surface area contributed by atoms with E-state index in [4.69, 9.17) is 11.6 Å². The van der Waals surface area contributed by atoms with Gasteiger partial charge in [0, 0.05) is 6.07 Å². The molecule has 0 aliphatic rings. The first kappa shape index (κ1) is 19.8. The van der Waals surface area contributed by atoms with Gasteiger partial charge in [0.05, 0.1) is 17.8 Å². The summed E-state index contributed by atoms with van der Waals surface area (Å²) in [6, 6.07) is -0.283. The van der Waals surface area contributed by atoms with Gasteiger partial charge >= 0.3 is 18.1 Å². The van der Waals surface area contributed by atoms with Crippen LogP contribution in [0.4, 0.5) is 30.7 Å². The highest BCUT2D eigenvalue weighted by atomic mass is 35.5. The van der Waals surface area contributed by atoms with Gasteiger partial charge in [-0.3, -0.25) is 4.79 Å². The maximum atomic E-state index is 14.0. The van der Waals surface area contributed by atoms with E-state index in [1.54, 1.807) is 0 Å². The summed E-state index contributed by atoms with van der Waals surface area (Å²) in [5.74, 6) is -10.5. The second kappa shape index (κ2) is 6.34. The molecule has 0 aliphatic carbocycles. The molecular formula is C13H6ClF7N2O3. The molecule has 0 bridgehead atoms. The molecule has 0 unspecified atom stereocenters. The number of rotatable bonds is 3. The van der Waals surface area contributed by atoms with Crippen LogP contribution >= 0.6 is 11.6 Å². The monoisotopic (exact) mass is 406 g/mol. The molecule has 1 aromatic heterocycles. The Morgan fingerprint density at radius 2 is 1.77 bits per heavy atom. The lowest BCUT2D eigenvalue weighted by Gasteiger charge is -2.21. The lowest BCUT2D eigenvalue weighted by Crippen LogP contribution is -2.39. The van der Waals surface area contributed by atoms with Gasteiger partial charge in [-0.25, -0.2) is 8.96 Å². The van der Waals surface area contributed by atoms with Crippen molar-refractivity contribution >= 4 is 11.6 Å². The summed E-state index contributed by atoms with van der Waals surface area (Å²) in [6.07, 6.45) is -6.26. The zero-order valence-electron chi connectivity index (χ0n) is 12.3. The molecule has 0 atom stereocenters. The number of aromatic hydroxyl groups is 1. The standard InChI is InChI=1S/C13H6ClF7N2O3/c1-26-11-22-9(12(17,18)13(19,20)21)8(16)10(25)23(11)6-3-7(24)4(14)2-5(6)15/h2-3,24H,1H3. The normalized spacial score (nSPS) is 12.3. The maximum Gasteiger partial charge on any atom is 0.459 e. The lowest BCUT2D eigenvalue weighted by atomic mass is 10.2. The van der Waals surface area contributed by atoms with Gasteiger partial charge < -0.3 is 9.84 Å². The molecular weight excluding hydrogens is 401 g/mol. The summed E-state index contributed by atoms with van der Waals surface area (Å²) in [7, 11) is 0.708. The van der Waals surface area contributed by atoms with Crippen molar-refractivity contribution in [3.63, 3.8) is 0 Å². The van der Waals surface area contributed by atoms with Crippen molar-refractivity contribution in [1.82, 2.24) is 9.55 Å². The number of alkyl halides is 5. The molecule has 0 saturated heterocycles. The van der Waals surface area contributed by atoms with Crippen molar-refractivity contribution in [2.75, 3.05) is 7.11 Å². The molecule has 2 aromatic rings. The third-order valence-corrected chi connectivity index (χ3v) is 3.39. The number of hydrogen-bond acceptors (Lipinski definition) is 4. The fourth-order valence-corrected chi connectivity index (χ4v) is 2.02. The van der Waals surface area contributed by atoms with Crippen LogP contribution in [0.15, 0.2) is 16.9 Å². The Kier molecular flexibility index (Phi) is 4.83. The van der Waals surface area contributed by atoms with Crippen LogP contribution in [0.5, 0.6) is 11.8 Å². The van der Waals surface area contributed by atoms with E-state index in [1.807, 2.05) is 0 Å². The van der Waals surface area contributed by atoms with Crippen LogP contribution in [0.3, 0.4) is 0 Å². The number of hydrogen-bond donors (Lipinski definition) is 1. The van der Waals surface area contributed by atoms with Crippen molar-refractivity contribution in [2.45, 2.75) is 12.1 Å². The molecule has 1 heterocycles. The van der Waals surface area contributed by atoms with E-state index in [2.05, 4.69) is 9.72 Å². The number of aromatic nitrogens is 2. The summed E-state index contributed by atoms with van der Waals surface area (Å²) in [4.78, 5) is 14.7. The van der Waals surface area contributed by atoms with E-state index in [-0.39, 0.29) is 4.57 Å². The molecule has 0 saturated carbocycles. The molecule has 13 heteroatoms. The zero-order chi connectivity index (χ0) is 20.0. The Morgan fingerprint density at radius 3 is 2.27 bits per heavy atom. The largest absolute Gasteiger partial charge is 0.506 e. The molecule has 1 N–H and O–H groups in total. The quantitative estimate of drug-likeness (QED) is 0.792. The first-order valence-electron chi connectivity index (χ1n) is 6.32. The van der Waals surface area contributed by atoms with E-state index in [1.165, 1.54) is 0 Å². The number of phenolic OH excluding ortho intramolecular Hbond substituents is 1. The SMILES string of the molecule is COc1nc(C(F)(F)C(F)(F)F)c(F)c(=O)n1-c1cc(O)c(Cl)cc1F. The highest BCUT2D eigenvalue weighted by Gasteiger charge is 2.62. The molecule has 2 rings (SSSR count). The Balaban J connectivity index is 2.87. The molecule has 0 fully saturated rings. The third kappa shape index (κ3) is 3.04. The van der Waals surface area contributed by atoms with Crippen LogP contribution in [0.1, 0.15) is 5.69 Å². The van der Waals surface area contributed by atoms with Crippen molar-refractivity contribution in [3.8, 4) is 17.4 Å². The van der Waals surface area contributed by atoms with E-state index in [9.17, 15) is 40.6 Å². The number of phenols is 1. The fourth-order valence-electron chi connectivity index (χ4n) is 1.87. The molecule has 0 spiro atoms. The Bertz CT molecular complexity index is 927. The minimum absolute atomic E-state index is 0.0727. The molecule has 5 nitrogen and oxygen atoms in total. The summed E-state index contributed by atoms with van der Waals surface area (Å²) in [5, 5.41) is 8.95. The number of halogens is 8. The Hall–Kier alpha value is -2.50. The highest BCUT2D eigenvalue weighted by Crippen LogP contribution is 2.44. The zero-order valence-corrected chi connectivity index (χ0v) is 13.1. The fraction of sp³-hybridized carbons (Fsp3) is 0.231. The number of nitrogens with zero attached hydrogens (tertiary/aromatic N) is 2. The molecule has 0 amide bonds. The van der Waals surface area contributed by atoms with Gasteiger partial charge in [0.15, 0.2) is 5.69 Å². The van der Waals surface area contributed by atoms with E-state index in [0.29, 0.717) is 19.2 Å². The number of benzene rings is 1. The van der Waals surface area contributed by atoms with Gasteiger partial charge in [-0.2, -0.15) is 31.3 Å². The van der Waals surface area contributed by atoms with Crippen LogP contribution in [-0.2, 0) is 5.92 Å². The second-order valence-electron chi connectivity index (χ2n) is 4.73. The van der Waals surface area contributed by atoms with Gasteiger partial charge in [0.2, 0.25) is 5.82 Å².